The summed E-state index contributed by atoms with van der Waals surface area (Å²) in [6.45, 7) is 26.5. The average Bonchev–Trinajstić information content (AvgIpc) is 2.98. The molecule has 10 nitrogen and oxygen atoms in total. The molecule has 13 heteroatoms. The number of phenols is 2. The van der Waals surface area contributed by atoms with E-state index in [4.69, 9.17) is 0 Å². The summed E-state index contributed by atoms with van der Waals surface area (Å²) < 4.78 is 52.5. The minimum absolute atomic E-state index is 0. The van der Waals surface area contributed by atoms with Gasteiger partial charge in [-0.1, -0.05) is 135 Å². The number of phenolic OH excluding ortho intramolecular Hbond substituents is 2. The molecular formula is C42H66CaO10S2. The number of carbonyl (C=O) groups is 2. The quantitative estimate of drug-likeness (QED) is 0.156. The molecule has 2 N–H and O–H groups in total. The van der Waals surface area contributed by atoms with Crippen LogP contribution in [0.4, 0.5) is 0 Å². The van der Waals surface area contributed by atoms with Crippen LogP contribution in [0.3, 0.4) is 0 Å². The first-order chi connectivity index (χ1) is 24.3. The van der Waals surface area contributed by atoms with Crippen LogP contribution in [0.25, 0.3) is 0 Å². The van der Waals surface area contributed by atoms with E-state index in [0.717, 1.165) is 25.7 Å². The normalized spacial score (nSPS) is 13.9. The Morgan fingerprint density at radius 1 is 0.527 bits per heavy atom. The molecule has 0 aromatic heterocycles. The summed E-state index contributed by atoms with van der Waals surface area (Å²) in [6, 6.07) is 5.65. The summed E-state index contributed by atoms with van der Waals surface area (Å²) in [5.74, 6) is -3.03. The zero-order chi connectivity index (χ0) is 42.4. The molecule has 0 aliphatic heterocycles. The minimum Gasteiger partial charge on any atom is -0.549 e. The molecule has 0 aliphatic carbocycles. The van der Waals surface area contributed by atoms with Gasteiger partial charge >= 0.3 is 37.7 Å². The molecule has 55 heavy (non-hydrogen) atoms. The van der Waals surface area contributed by atoms with Crippen LogP contribution in [-0.4, -0.2) is 87.2 Å². The van der Waals surface area contributed by atoms with Gasteiger partial charge < -0.3 is 30.0 Å². The third-order valence-electron chi connectivity index (χ3n) is 9.47. The number of hydrogen-bond acceptors (Lipinski definition) is 10. The molecule has 0 amide bonds. The van der Waals surface area contributed by atoms with Crippen molar-refractivity contribution in [2.75, 3.05) is 0 Å². The molecular weight excluding hydrogens is 769 g/mol. The van der Waals surface area contributed by atoms with Gasteiger partial charge in [0.25, 0.3) is 0 Å². The van der Waals surface area contributed by atoms with E-state index in [1.807, 2.05) is 96.9 Å². The molecule has 0 heterocycles. The zero-order valence-electron chi connectivity index (χ0n) is 35.8. The van der Waals surface area contributed by atoms with Crippen LogP contribution in [0.1, 0.15) is 171 Å². The van der Waals surface area contributed by atoms with Gasteiger partial charge in [-0.3, -0.25) is 0 Å². The van der Waals surface area contributed by atoms with E-state index in [-0.39, 0.29) is 71.9 Å². The average molecular weight is 835 g/mol. The van der Waals surface area contributed by atoms with Gasteiger partial charge in [-0.15, -0.1) is 0 Å². The zero-order valence-corrected chi connectivity index (χ0v) is 39.6. The van der Waals surface area contributed by atoms with Crippen molar-refractivity contribution in [3.63, 3.8) is 0 Å². The second kappa shape index (κ2) is 20.2. The molecule has 0 saturated carbocycles. The maximum absolute atomic E-state index is 13.1. The minimum atomic E-state index is -4.14. The number of aromatic hydroxyl groups is 2. The van der Waals surface area contributed by atoms with Crippen molar-refractivity contribution in [2.24, 2.45) is 0 Å². The van der Waals surface area contributed by atoms with Crippen LogP contribution in [0.2, 0.25) is 0 Å². The first kappa shape index (κ1) is 53.1. The van der Waals surface area contributed by atoms with Crippen molar-refractivity contribution >= 4 is 69.4 Å². The summed E-state index contributed by atoms with van der Waals surface area (Å²) in [6.07, 6.45) is 4.30. The molecule has 2 atom stereocenters. The number of hydrogen-bond donors (Lipinski definition) is 2. The van der Waals surface area contributed by atoms with E-state index >= 15 is 0 Å². The van der Waals surface area contributed by atoms with E-state index in [1.54, 1.807) is 0 Å². The Morgan fingerprint density at radius 2 is 0.745 bits per heavy atom. The van der Waals surface area contributed by atoms with Crippen molar-refractivity contribution in [3.8, 4) is 11.5 Å². The van der Waals surface area contributed by atoms with Crippen LogP contribution >= 0.6 is 0 Å². The summed E-state index contributed by atoms with van der Waals surface area (Å²) in [4.78, 5) is 23.1. The third kappa shape index (κ3) is 14.2. The van der Waals surface area contributed by atoms with E-state index < -0.39 is 63.8 Å². The van der Waals surface area contributed by atoms with Gasteiger partial charge in [0, 0.05) is 22.3 Å². The standard InChI is InChI=1S/2C21H34O5S.Ca/c2*1-8-9-10-11-17(19(23)24)27(25,26)14-12-15(20(2,3)4)18(22)16(13-14)21(5,6)7;/h2*12-13,17,22H,8-11H2,1-7H3,(H,23,24);/q;;+2/p-2. The van der Waals surface area contributed by atoms with Gasteiger partial charge in [0.15, 0.2) is 19.7 Å². The van der Waals surface area contributed by atoms with Gasteiger partial charge in [0.2, 0.25) is 0 Å². The fraction of sp³-hybridized carbons (Fsp3) is 0.667. The van der Waals surface area contributed by atoms with E-state index in [2.05, 4.69) is 0 Å². The van der Waals surface area contributed by atoms with Gasteiger partial charge in [-0.05, 0) is 58.8 Å². The summed E-state index contributed by atoms with van der Waals surface area (Å²) in [7, 11) is -8.27. The van der Waals surface area contributed by atoms with Crippen molar-refractivity contribution in [1.29, 1.82) is 0 Å². The fourth-order valence-electron chi connectivity index (χ4n) is 6.12. The topological polar surface area (TPSA) is 189 Å². The van der Waals surface area contributed by atoms with Gasteiger partial charge in [-0.25, -0.2) is 16.8 Å². The second-order valence-corrected chi connectivity index (χ2v) is 22.7. The molecule has 0 bridgehead atoms. The van der Waals surface area contributed by atoms with Crippen molar-refractivity contribution in [2.45, 2.75) is 190 Å². The molecule has 0 spiro atoms. The molecule has 2 aromatic carbocycles. The van der Waals surface area contributed by atoms with Crippen molar-refractivity contribution in [1.82, 2.24) is 0 Å². The molecule has 0 aliphatic rings. The number of aliphatic carboxylic acids is 2. The first-order valence-corrected chi connectivity index (χ1v) is 22.0. The maximum atomic E-state index is 13.1. The number of rotatable bonds is 14. The fourth-order valence-corrected chi connectivity index (χ4v) is 9.36. The van der Waals surface area contributed by atoms with Crippen LogP contribution < -0.4 is 10.2 Å². The Labute approximate surface area is 361 Å². The van der Waals surface area contributed by atoms with Gasteiger partial charge in [0.1, 0.15) is 22.0 Å². The second-order valence-electron chi connectivity index (χ2n) is 18.4. The summed E-state index contributed by atoms with van der Waals surface area (Å²) in [5, 5.41) is 41.5. The van der Waals surface area contributed by atoms with Crippen LogP contribution in [0.15, 0.2) is 34.1 Å². The Balaban J connectivity index is 0.00000104. The predicted octanol–water partition coefficient (Wildman–Crippen LogP) is 6.54. The van der Waals surface area contributed by atoms with Crippen LogP contribution in [0.5, 0.6) is 11.5 Å². The number of carboxylic acid groups (broad SMARTS) is 2. The number of carboxylic acids is 2. The smallest absolute Gasteiger partial charge is 0.549 e. The number of benzene rings is 2. The molecule has 0 radical (unpaired) electrons. The summed E-state index contributed by atoms with van der Waals surface area (Å²) in [5.41, 5.74) is -0.0793. The SMILES string of the molecule is CCCCCC(C(=O)[O-])S(=O)(=O)c1cc(C(C)(C)C)c(O)c(C(C)(C)C)c1.CCCCCC(C(=O)[O-])S(=O)(=O)c1cc(C(C)(C)C)c(O)c(C(C)(C)C)c1.[Ca+2]. The molecule has 308 valence electrons. The first-order valence-electron chi connectivity index (χ1n) is 18.9. The largest absolute Gasteiger partial charge is 2.00 e. The summed E-state index contributed by atoms with van der Waals surface area (Å²) >= 11 is 0. The number of sulfone groups is 2. The Bertz CT molecular complexity index is 1630. The molecule has 0 fully saturated rings. The monoisotopic (exact) mass is 834 g/mol. The van der Waals surface area contributed by atoms with E-state index in [1.165, 1.54) is 24.3 Å². The molecule has 2 unspecified atom stereocenters. The Morgan fingerprint density at radius 3 is 0.909 bits per heavy atom. The van der Waals surface area contributed by atoms with E-state index in [9.17, 15) is 46.9 Å². The Hall–Kier alpha value is -1.86. The van der Waals surface area contributed by atoms with Crippen molar-refractivity contribution in [3.05, 3.63) is 46.5 Å². The van der Waals surface area contributed by atoms with Crippen LogP contribution in [-0.2, 0) is 50.9 Å². The van der Waals surface area contributed by atoms with Gasteiger partial charge in [-0.2, -0.15) is 0 Å². The molecule has 2 aromatic rings. The molecule has 0 saturated heterocycles. The molecule has 2 rings (SSSR count). The number of unbranched alkanes of at least 4 members (excludes halogenated alkanes) is 4. The third-order valence-corrected chi connectivity index (χ3v) is 13.6. The van der Waals surface area contributed by atoms with E-state index in [0.29, 0.717) is 35.1 Å². The predicted molar refractivity (Wildman–Crippen MR) is 217 cm³/mol. The Kier molecular flexibility index (Phi) is 19.5. The van der Waals surface area contributed by atoms with Crippen molar-refractivity contribution < 1.29 is 46.9 Å². The number of carbonyl (C=O) groups excluding carboxylic acids is 2. The van der Waals surface area contributed by atoms with Gasteiger partial charge in [0.05, 0.1) is 21.7 Å². The van der Waals surface area contributed by atoms with Crippen LogP contribution in [0, 0.1) is 0 Å². The maximum Gasteiger partial charge on any atom is 2.00 e.